The maximum absolute atomic E-state index is 13.3. The molecule has 28 heavy (non-hydrogen) atoms. The number of nitrogens with one attached hydrogen (secondary N) is 1. The van der Waals surface area contributed by atoms with Crippen LogP contribution in [0.5, 0.6) is 5.75 Å². The highest BCUT2D eigenvalue weighted by Crippen LogP contribution is 2.22. The molecule has 10 heteroatoms. The molecule has 0 bridgehead atoms. The normalized spacial score (nSPS) is 11.5. The van der Waals surface area contributed by atoms with E-state index in [9.17, 15) is 19.5 Å². The summed E-state index contributed by atoms with van der Waals surface area (Å²) >= 11 is 5.72. The number of halogens is 2. The number of carbonyl (C=O) groups excluding carboxylic acids is 1. The molecule has 0 aliphatic carbocycles. The van der Waals surface area contributed by atoms with Crippen LogP contribution in [-0.2, 0) is 17.6 Å². The number of benzene rings is 2. The lowest BCUT2D eigenvalue weighted by Crippen LogP contribution is -2.23. The predicted molar refractivity (Wildman–Crippen MR) is 97.3 cm³/mol. The lowest BCUT2D eigenvalue weighted by molar-refractivity contribution is -0.117. The van der Waals surface area contributed by atoms with Crippen LogP contribution in [0.3, 0.4) is 0 Å². The van der Waals surface area contributed by atoms with Crippen LogP contribution in [0, 0.1) is 5.82 Å². The number of ketones is 1. The van der Waals surface area contributed by atoms with Crippen molar-refractivity contribution < 1.29 is 24.1 Å². The Morgan fingerprint density at radius 3 is 2.61 bits per heavy atom. The minimum atomic E-state index is -0.609. The highest BCUT2D eigenvalue weighted by Gasteiger charge is 2.19. The van der Waals surface area contributed by atoms with Gasteiger partial charge in [-0.3, -0.25) is 15.5 Å². The first-order chi connectivity index (χ1) is 13.5. The van der Waals surface area contributed by atoms with Gasteiger partial charge < -0.3 is 5.11 Å². The number of phenols is 1. The zero-order valence-electron chi connectivity index (χ0n) is 14.3. The van der Waals surface area contributed by atoms with Crippen molar-refractivity contribution >= 4 is 28.9 Å². The van der Waals surface area contributed by atoms with Gasteiger partial charge in [0, 0.05) is 6.42 Å². The number of Topliss-reactive ketones (excluding diaryl/α,β-unsaturated/α-hetero) is 1. The third-order valence-electron chi connectivity index (χ3n) is 3.73. The molecule has 0 aliphatic heterocycles. The first-order valence-corrected chi connectivity index (χ1v) is 8.39. The summed E-state index contributed by atoms with van der Waals surface area (Å²) in [7, 11) is 0. The van der Waals surface area contributed by atoms with Gasteiger partial charge in [0.2, 0.25) is 0 Å². The number of hydrogen-bond donors (Lipinski definition) is 3. The third-order valence-corrected chi connectivity index (χ3v) is 4.02. The van der Waals surface area contributed by atoms with Crippen LogP contribution in [0.25, 0.3) is 0 Å². The molecule has 2 aromatic carbocycles. The number of aliphatic imine (C=N–C) groups is 1. The molecule has 1 aromatic heterocycles. The summed E-state index contributed by atoms with van der Waals surface area (Å²) in [5, 5.41) is 25.9. The van der Waals surface area contributed by atoms with E-state index in [1.807, 2.05) is 5.48 Å². The summed E-state index contributed by atoms with van der Waals surface area (Å²) in [4.78, 5) is 16.4. The van der Waals surface area contributed by atoms with Crippen molar-refractivity contribution in [1.82, 2.24) is 15.8 Å². The topological polar surface area (TPSA) is 121 Å². The second-order valence-corrected chi connectivity index (χ2v) is 6.20. The minimum absolute atomic E-state index is 0.0296. The molecule has 3 aromatic rings. The van der Waals surface area contributed by atoms with Crippen molar-refractivity contribution in [2.75, 3.05) is 0 Å². The molecule has 3 rings (SSSR count). The molecule has 3 N–H and O–H groups in total. The predicted octanol–water partition coefficient (Wildman–Crippen LogP) is 2.98. The molecule has 0 fully saturated rings. The molecular formula is C18H14ClFN4O4. The number of aromatic hydroxyl groups is 1. The van der Waals surface area contributed by atoms with Crippen LogP contribution in [0.4, 0.5) is 10.1 Å². The minimum Gasteiger partial charge on any atom is -0.508 e. The summed E-state index contributed by atoms with van der Waals surface area (Å²) in [5.41, 5.74) is 3.02. The molecule has 0 spiro atoms. The number of amidine groups is 1. The Labute approximate surface area is 163 Å². The fourth-order valence-corrected chi connectivity index (χ4v) is 2.58. The Balaban J connectivity index is 1.79. The van der Waals surface area contributed by atoms with E-state index in [2.05, 4.69) is 19.9 Å². The van der Waals surface area contributed by atoms with Crippen molar-refractivity contribution in [3.8, 4) is 5.75 Å². The Kier molecular flexibility index (Phi) is 5.97. The lowest BCUT2D eigenvalue weighted by atomic mass is 10.0. The molecule has 1 heterocycles. The molecule has 0 saturated heterocycles. The van der Waals surface area contributed by atoms with Crippen molar-refractivity contribution in [3.63, 3.8) is 0 Å². The summed E-state index contributed by atoms with van der Waals surface area (Å²) in [5.74, 6) is -0.834. The fraction of sp³-hybridized carbons (Fsp3) is 0.111. The largest absolute Gasteiger partial charge is 0.508 e. The maximum atomic E-state index is 13.3. The molecule has 0 amide bonds. The molecule has 0 aliphatic rings. The number of carbonyl (C=O) groups is 1. The number of rotatable bonds is 6. The second kappa shape index (κ2) is 8.59. The monoisotopic (exact) mass is 404 g/mol. The number of hydrogen-bond acceptors (Lipinski definition) is 7. The Morgan fingerprint density at radius 2 is 1.93 bits per heavy atom. The van der Waals surface area contributed by atoms with Crippen molar-refractivity contribution in [3.05, 3.63) is 70.3 Å². The van der Waals surface area contributed by atoms with Gasteiger partial charge in [-0.15, -0.1) is 0 Å². The van der Waals surface area contributed by atoms with E-state index >= 15 is 0 Å². The van der Waals surface area contributed by atoms with Crippen molar-refractivity contribution in [2.45, 2.75) is 12.8 Å². The molecule has 0 unspecified atom stereocenters. The van der Waals surface area contributed by atoms with Crippen LogP contribution < -0.4 is 5.48 Å². The average Bonchev–Trinajstić information content (AvgIpc) is 3.12. The van der Waals surface area contributed by atoms with Crippen LogP contribution in [0.1, 0.15) is 17.0 Å². The van der Waals surface area contributed by atoms with Crippen molar-refractivity contribution in [2.24, 2.45) is 4.99 Å². The summed E-state index contributed by atoms with van der Waals surface area (Å²) < 4.78 is 17.9. The molecule has 8 nitrogen and oxygen atoms in total. The van der Waals surface area contributed by atoms with Crippen molar-refractivity contribution in [1.29, 1.82) is 0 Å². The van der Waals surface area contributed by atoms with E-state index in [1.165, 1.54) is 24.3 Å². The first-order valence-electron chi connectivity index (χ1n) is 8.01. The standard InChI is InChI=1S/C18H14ClFN4O4/c19-14-8-11(3-6-15(14)20)21-18(22-27)17-16(23-28-24-17)9-13(26)7-10-1-4-12(25)5-2-10/h1-6,8,25,27H,7,9H2,(H,21,22). The quantitative estimate of drug-likeness (QED) is 0.328. The SMILES string of the molecule is O=C(Cc1ccc(O)cc1)Cc1nonc1C(=Nc1ccc(F)c(Cl)c1)NO. The highest BCUT2D eigenvalue weighted by molar-refractivity contribution is 6.31. The fourth-order valence-electron chi connectivity index (χ4n) is 2.41. The first kappa shape index (κ1) is 19.5. The van der Waals surface area contributed by atoms with Gasteiger partial charge in [0.15, 0.2) is 11.5 Å². The summed E-state index contributed by atoms with van der Waals surface area (Å²) in [6.07, 6.45) is -0.0102. The van der Waals surface area contributed by atoms with E-state index < -0.39 is 5.82 Å². The molecule has 0 saturated carbocycles. The van der Waals surface area contributed by atoms with Gasteiger partial charge >= 0.3 is 0 Å². The van der Waals surface area contributed by atoms with Crippen LogP contribution in [0.2, 0.25) is 5.02 Å². The number of hydroxylamine groups is 1. The van der Waals surface area contributed by atoms with Gasteiger partial charge in [-0.2, -0.15) is 0 Å². The van der Waals surface area contributed by atoms with Gasteiger partial charge in [0.25, 0.3) is 0 Å². The second-order valence-electron chi connectivity index (χ2n) is 5.79. The Hall–Kier alpha value is -3.30. The summed E-state index contributed by atoms with van der Waals surface area (Å²) in [6.45, 7) is 0. The van der Waals surface area contributed by atoms with E-state index in [1.54, 1.807) is 12.1 Å². The highest BCUT2D eigenvalue weighted by atomic mass is 35.5. The van der Waals surface area contributed by atoms with Crippen LogP contribution >= 0.6 is 11.6 Å². The van der Waals surface area contributed by atoms with Gasteiger partial charge in [-0.25, -0.2) is 14.0 Å². The van der Waals surface area contributed by atoms with E-state index in [-0.39, 0.29) is 52.3 Å². The number of phenolic OH excluding ortho intramolecular Hbond substituents is 1. The third kappa shape index (κ3) is 4.70. The zero-order chi connectivity index (χ0) is 20.1. The van der Waals surface area contributed by atoms with Crippen LogP contribution in [0.15, 0.2) is 52.1 Å². The van der Waals surface area contributed by atoms with E-state index in [4.69, 9.17) is 11.6 Å². The molecule has 0 atom stereocenters. The zero-order valence-corrected chi connectivity index (χ0v) is 15.0. The van der Waals surface area contributed by atoms with Gasteiger partial charge in [-0.1, -0.05) is 28.9 Å². The Morgan fingerprint density at radius 1 is 1.18 bits per heavy atom. The number of aromatic nitrogens is 2. The Bertz CT molecular complexity index is 1020. The lowest BCUT2D eigenvalue weighted by Gasteiger charge is -2.04. The molecule has 144 valence electrons. The molecular weight excluding hydrogens is 391 g/mol. The summed E-state index contributed by atoms with van der Waals surface area (Å²) in [6, 6.07) is 9.98. The molecule has 0 radical (unpaired) electrons. The van der Waals surface area contributed by atoms with E-state index in [0.717, 1.165) is 11.6 Å². The van der Waals surface area contributed by atoms with Gasteiger partial charge in [0.1, 0.15) is 23.0 Å². The van der Waals surface area contributed by atoms with Crippen LogP contribution in [-0.4, -0.2) is 32.2 Å². The van der Waals surface area contributed by atoms with Gasteiger partial charge in [0.05, 0.1) is 17.1 Å². The smallest absolute Gasteiger partial charge is 0.182 e. The average molecular weight is 405 g/mol. The van der Waals surface area contributed by atoms with E-state index in [0.29, 0.717) is 0 Å². The number of nitrogens with zero attached hydrogens (tertiary/aromatic N) is 3. The maximum Gasteiger partial charge on any atom is 0.182 e. The van der Waals surface area contributed by atoms with Gasteiger partial charge in [-0.05, 0) is 41.1 Å².